The highest BCUT2D eigenvalue weighted by Gasteiger charge is 2.36. The molecule has 0 aliphatic heterocycles. The highest BCUT2D eigenvalue weighted by atomic mass is 16.3. The number of nitrogens with two attached hydrogens (primary N) is 1. The lowest BCUT2D eigenvalue weighted by Gasteiger charge is -2.38. The Morgan fingerprint density at radius 2 is 1.75 bits per heavy atom. The fourth-order valence-corrected chi connectivity index (χ4v) is 1.77. The normalized spacial score (nSPS) is 13.9. The molecule has 0 fully saturated rings. The number of carbonyl (C=O) groups is 1. The van der Waals surface area contributed by atoms with Crippen LogP contribution in [-0.4, -0.2) is 22.2 Å². The van der Waals surface area contributed by atoms with E-state index in [1.54, 1.807) is 13.8 Å². The summed E-state index contributed by atoms with van der Waals surface area (Å²) >= 11 is 0. The smallest absolute Gasteiger partial charge is 0.221 e. The molecule has 1 unspecified atom stereocenters. The summed E-state index contributed by atoms with van der Waals surface area (Å²) in [6.07, 6.45) is 0.378. The van der Waals surface area contributed by atoms with E-state index in [9.17, 15) is 9.90 Å². The molecule has 0 saturated heterocycles. The van der Waals surface area contributed by atoms with Crippen molar-refractivity contribution in [3.8, 4) is 0 Å². The van der Waals surface area contributed by atoms with Gasteiger partial charge in [0.25, 0.3) is 0 Å². The maximum atomic E-state index is 12.1. The van der Waals surface area contributed by atoms with Gasteiger partial charge in [-0.3, -0.25) is 4.79 Å². The van der Waals surface area contributed by atoms with E-state index in [1.807, 2.05) is 45.0 Å². The molecule has 0 radical (unpaired) electrons. The minimum Gasteiger partial charge on any atom is -0.399 e. The van der Waals surface area contributed by atoms with Gasteiger partial charge in [0.15, 0.2) is 0 Å². The number of aliphatic hydroxyl groups is 1. The molecule has 112 valence electrons. The zero-order valence-corrected chi connectivity index (χ0v) is 13.0. The summed E-state index contributed by atoms with van der Waals surface area (Å²) in [5.74, 6) is 0.0367. The quantitative estimate of drug-likeness (QED) is 0.724. The van der Waals surface area contributed by atoms with E-state index in [1.165, 1.54) is 0 Å². The predicted octanol–water partition coefficient (Wildman–Crippen LogP) is 2.43. The van der Waals surface area contributed by atoms with Crippen molar-refractivity contribution in [2.75, 3.05) is 5.73 Å². The fourth-order valence-electron chi connectivity index (χ4n) is 1.77. The number of hydrogen-bond donors (Lipinski definition) is 3. The maximum absolute atomic E-state index is 12.1. The molecule has 20 heavy (non-hydrogen) atoms. The zero-order valence-electron chi connectivity index (χ0n) is 13.0. The van der Waals surface area contributed by atoms with E-state index in [0.717, 1.165) is 5.56 Å². The van der Waals surface area contributed by atoms with Gasteiger partial charge >= 0.3 is 0 Å². The standard InChI is InChI=1S/C16H26N2O2/c1-11(12-6-8-13(17)9-7-12)10-14(19)18-15(2,3)16(4,5)20/h6-9,11,20H,10,17H2,1-5H3,(H,18,19). The van der Waals surface area contributed by atoms with Crippen molar-refractivity contribution in [2.45, 2.75) is 58.1 Å². The number of anilines is 1. The van der Waals surface area contributed by atoms with E-state index < -0.39 is 11.1 Å². The molecule has 1 atom stereocenters. The van der Waals surface area contributed by atoms with Crippen molar-refractivity contribution < 1.29 is 9.90 Å². The van der Waals surface area contributed by atoms with E-state index >= 15 is 0 Å². The van der Waals surface area contributed by atoms with Crippen molar-refractivity contribution in [3.63, 3.8) is 0 Å². The molecule has 1 rings (SSSR count). The highest BCUT2D eigenvalue weighted by molar-refractivity contribution is 5.77. The molecule has 0 aromatic heterocycles. The van der Waals surface area contributed by atoms with Crippen molar-refractivity contribution in [3.05, 3.63) is 29.8 Å². The first-order valence-electron chi connectivity index (χ1n) is 6.92. The minimum atomic E-state index is -0.979. The molecular weight excluding hydrogens is 252 g/mol. The van der Waals surface area contributed by atoms with Crippen LogP contribution in [0.3, 0.4) is 0 Å². The molecule has 4 nitrogen and oxygen atoms in total. The maximum Gasteiger partial charge on any atom is 0.221 e. The fraction of sp³-hybridized carbons (Fsp3) is 0.562. The van der Waals surface area contributed by atoms with Crippen molar-refractivity contribution in [1.82, 2.24) is 5.32 Å². The Kier molecular flexibility index (Phi) is 4.81. The van der Waals surface area contributed by atoms with Crippen molar-refractivity contribution in [1.29, 1.82) is 0 Å². The summed E-state index contributed by atoms with van der Waals surface area (Å²) in [5.41, 5.74) is 5.79. The molecule has 0 saturated carbocycles. The van der Waals surface area contributed by atoms with Gasteiger partial charge in [-0.25, -0.2) is 0 Å². The van der Waals surface area contributed by atoms with Gasteiger partial charge in [-0.2, -0.15) is 0 Å². The van der Waals surface area contributed by atoms with Crippen LogP contribution in [0.1, 0.15) is 52.5 Å². The molecule has 0 spiro atoms. The van der Waals surface area contributed by atoms with Crippen LogP contribution in [0.25, 0.3) is 0 Å². The minimum absolute atomic E-state index is 0.0681. The Hall–Kier alpha value is -1.55. The van der Waals surface area contributed by atoms with Crippen molar-refractivity contribution >= 4 is 11.6 Å². The average molecular weight is 278 g/mol. The second kappa shape index (κ2) is 5.83. The molecular formula is C16H26N2O2. The largest absolute Gasteiger partial charge is 0.399 e. The van der Waals surface area contributed by atoms with E-state index in [-0.39, 0.29) is 11.8 Å². The first kappa shape index (κ1) is 16.5. The topological polar surface area (TPSA) is 75.3 Å². The van der Waals surface area contributed by atoms with Crippen LogP contribution in [0.5, 0.6) is 0 Å². The molecule has 0 aliphatic carbocycles. The number of nitrogens with one attached hydrogen (secondary N) is 1. The van der Waals surface area contributed by atoms with Crippen LogP contribution in [-0.2, 0) is 4.79 Å². The third-order valence-corrected chi connectivity index (χ3v) is 3.98. The van der Waals surface area contributed by atoms with Gasteiger partial charge in [-0.1, -0.05) is 19.1 Å². The Balaban J connectivity index is 2.65. The average Bonchev–Trinajstić information content (AvgIpc) is 2.27. The van der Waals surface area contributed by atoms with Crippen LogP contribution in [0.2, 0.25) is 0 Å². The van der Waals surface area contributed by atoms with Crippen LogP contribution >= 0.6 is 0 Å². The third-order valence-electron chi connectivity index (χ3n) is 3.98. The lowest BCUT2D eigenvalue weighted by Crippen LogP contribution is -2.57. The summed E-state index contributed by atoms with van der Waals surface area (Å²) in [7, 11) is 0. The summed E-state index contributed by atoms with van der Waals surface area (Å²) in [4.78, 5) is 12.1. The first-order chi connectivity index (χ1) is 9.03. The molecule has 0 bridgehead atoms. The molecule has 4 N–H and O–H groups in total. The van der Waals surface area contributed by atoms with Crippen LogP contribution in [0.4, 0.5) is 5.69 Å². The molecule has 0 heterocycles. The van der Waals surface area contributed by atoms with Gasteiger partial charge in [-0.15, -0.1) is 0 Å². The number of carbonyl (C=O) groups excluding carboxylic acids is 1. The van der Waals surface area contributed by atoms with Gasteiger partial charge in [-0.05, 0) is 51.3 Å². The highest BCUT2D eigenvalue weighted by Crippen LogP contribution is 2.23. The summed E-state index contributed by atoms with van der Waals surface area (Å²) in [6, 6.07) is 7.55. The summed E-state index contributed by atoms with van der Waals surface area (Å²) < 4.78 is 0. The Morgan fingerprint density at radius 1 is 1.25 bits per heavy atom. The molecule has 1 aromatic carbocycles. The number of hydrogen-bond acceptors (Lipinski definition) is 3. The second-order valence-corrected chi connectivity index (χ2v) is 6.50. The number of amides is 1. The first-order valence-corrected chi connectivity index (χ1v) is 6.92. The second-order valence-electron chi connectivity index (χ2n) is 6.50. The molecule has 4 heteroatoms. The van der Waals surface area contributed by atoms with E-state index in [2.05, 4.69) is 5.32 Å². The molecule has 1 amide bonds. The summed E-state index contributed by atoms with van der Waals surface area (Å²) in [5, 5.41) is 12.9. The van der Waals surface area contributed by atoms with Crippen LogP contribution < -0.4 is 11.1 Å². The number of rotatable bonds is 5. The number of benzene rings is 1. The Bertz CT molecular complexity index is 458. The van der Waals surface area contributed by atoms with Crippen LogP contribution in [0.15, 0.2) is 24.3 Å². The summed E-state index contributed by atoms with van der Waals surface area (Å²) in [6.45, 7) is 9.02. The molecule has 0 aliphatic rings. The van der Waals surface area contributed by atoms with Gasteiger partial charge < -0.3 is 16.2 Å². The van der Waals surface area contributed by atoms with Gasteiger partial charge in [0, 0.05) is 12.1 Å². The third kappa shape index (κ3) is 4.23. The van der Waals surface area contributed by atoms with Gasteiger partial charge in [0.05, 0.1) is 11.1 Å². The molecule has 1 aromatic rings. The zero-order chi connectivity index (χ0) is 15.6. The van der Waals surface area contributed by atoms with Gasteiger partial charge in [0.2, 0.25) is 5.91 Å². The number of nitrogen functional groups attached to an aromatic ring is 1. The predicted molar refractivity (Wildman–Crippen MR) is 82.4 cm³/mol. The van der Waals surface area contributed by atoms with Gasteiger partial charge in [0.1, 0.15) is 0 Å². The Labute approximate surface area is 121 Å². The van der Waals surface area contributed by atoms with Crippen molar-refractivity contribution in [2.24, 2.45) is 0 Å². The lowest BCUT2D eigenvalue weighted by molar-refractivity contribution is -0.126. The van der Waals surface area contributed by atoms with E-state index in [0.29, 0.717) is 12.1 Å². The van der Waals surface area contributed by atoms with Crippen LogP contribution in [0, 0.1) is 0 Å². The van der Waals surface area contributed by atoms with E-state index in [4.69, 9.17) is 5.73 Å². The Morgan fingerprint density at radius 3 is 2.20 bits per heavy atom. The monoisotopic (exact) mass is 278 g/mol. The lowest BCUT2D eigenvalue weighted by atomic mass is 9.85. The SMILES string of the molecule is CC(CC(=O)NC(C)(C)C(C)(C)O)c1ccc(N)cc1.